The lowest BCUT2D eigenvalue weighted by molar-refractivity contribution is -0.384. The van der Waals surface area contributed by atoms with Gasteiger partial charge in [0.2, 0.25) is 5.82 Å². The van der Waals surface area contributed by atoms with Gasteiger partial charge in [0, 0.05) is 19.8 Å². The number of aromatic nitrogens is 5. The molecule has 0 unspecified atom stereocenters. The summed E-state index contributed by atoms with van der Waals surface area (Å²) in [7, 11) is 1.66. The first-order chi connectivity index (χ1) is 8.59. The van der Waals surface area contributed by atoms with Crippen molar-refractivity contribution in [2.45, 2.75) is 13.5 Å². The molecule has 2 rings (SSSR count). The van der Waals surface area contributed by atoms with Gasteiger partial charge in [-0.05, 0) is 6.92 Å². The third-order valence-electron chi connectivity index (χ3n) is 2.48. The number of hydrogen-bond acceptors (Lipinski definition) is 6. The molecule has 0 amide bonds. The standard InChI is InChI=1S/C9H13N7O2/c1-7-8(16(17)18)9(14(2)12-7)10-3-5-15-6-4-11-13-15/h4,6,10H,3,5H2,1-2H3. The summed E-state index contributed by atoms with van der Waals surface area (Å²) in [6.45, 7) is 2.69. The first-order valence-corrected chi connectivity index (χ1v) is 5.35. The van der Waals surface area contributed by atoms with Crippen molar-refractivity contribution in [2.75, 3.05) is 11.9 Å². The van der Waals surface area contributed by atoms with Crippen molar-refractivity contribution in [1.82, 2.24) is 24.8 Å². The zero-order chi connectivity index (χ0) is 13.1. The third-order valence-corrected chi connectivity index (χ3v) is 2.48. The van der Waals surface area contributed by atoms with Gasteiger partial charge in [-0.3, -0.25) is 14.8 Å². The van der Waals surface area contributed by atoms with E-state index in [9.17, 15) is 10.1 Å². The fourth-order valence-corrected chi connectivity index (χ4v) is 1.70. The monoisotopic (exact) mass is 251 g/mol. The number of rotatable bonds is 5. The van der Waals surface area contributed by atoms with Crippen molar-refractivity contribution < 1.29 is 4.92 Å². The fourth-order valence-electron chi connectivity index (χ4n) is 1.70. The van der Waals surface area contributed by atoms with Gasteiger partial charge in [0.25, 0.3) is 0 Å². The molecule has 0 saturated heterocycles. The highest BCUT2D eigenvalue weighted by Crippen LogP contribution is 2.26. The molecule has 1 N–H and O–H groups in total. The van der Waals surface area contributed by atoms with Crippen LogP contribution in [0.4, 0.5) is 11.5 Å². The van der Waals surface area contributed by atoms with E-state index in [0.717, 1.165) is 0 Å². The molecule has 0 spiro atoms. The van der Waals surface area contributed by atoms with Crippen LogP contribution in [-0.2, 0) is 13.6 Å². The Balaban J connectivity index is 2.07. The van der Waals surface area contributed by atoms with E-state index < -0.39 is 4.92 Å². The molecule has 2 aromatic heterocycles. The van der Waals surface area contributed by atoms with Gasteiger partial charge in [0.1, 0.15) is 5.69 Å². The van der Waals surface area contributed by atoms with E-state index in [1.165, 1.54) is 4.68 Å². The average Bonchev–Trinajstić information content (AvgIpc) is 2.87. The van der Waals surface area contributed by atoms with E-state index in [0.29, 0.717) is 24.6 Å². The SMILES string of the molecule is Cc1nn(C)c(NCCn2ccnn2)c1[N+](=O)[O-]. The predicted octanol–water partition coefficient (Wildman–Crippen LogP) is 0.340. The number of aryl methyl sites for hydroxylation is 2. The van der Waals surface area contributed by atoms with Gasteiger partial charge >= 0.3 is 5.69 Å². The van der Waals surface area contributed by atoms with Crippen LogP contribution in [0.3, 0.4) is 0 Å². The molecule has 0 aliphatic rings. The summed E-state index contributed by atoms with van der Waals surface area (Å²) in [4.78, 5) is 10.5. The second-order valence-electron chi connectivity index (χ2n) is 3.76. The van der Waals surface area contributed by atoms with Crippen LogP contribution in [0.2, 0.25) is 0 Å². The Bertz CT molecular complexity index is 546. The van der Waals surface area contributed by atoms with E-state index in [1.54, 1.807) is 31.0 Å². The van der Waals surface area contributed by atoms with Crippen LogP contribution in [-0.4, -0.2) is 36.2 Å². The van der Waals surface area contributed by atoms with E-state index in [-0.39, 0.29) is 5.69 Å². The Morgan fingerprint density at radius 2 is 2.33 bits per heavy atom. The smallest absolute Gasteiger partial charge is 0.333 e. The summed E-state index contributed by atoms with van der Waals surface area (Å²) in [5, 5.41) is 25.4. The van der Waals surface area contributed by atoms with Gasteiger partial charge in [-0.1, -0.05) is 5.21 Å². The molecule has 9 nitrogen and oxygen atoms in total. The van der Waals surface area contributed by atoms with Crippen molar-refractivity contribution in [1.29, 1.82) is 0 Å². The predicted molar refractivity (Wildman–Crippen MR) is 63.1 cm³/mol. The minimum Gasteiger partial charge on any atom is -0.363 e. The summed E-state index contributed by atoms with van der Waals surface area (Å²) in [6, 6.07) is 0. The quantitative estimate of drug-likeness (QED) is 0.607. The zero-order valence-corrected chi connectivity index (χ0v) is 10.1. The Morgan fingerprint density at radius 3 is 2.94 bits per heavy atom. The first-order valence-electron chi connectivity index (χ1n) is 5.35. The van der Waals surface area contributed by atoms with Crippen molar-refractivity contribution in [2.24, 2.45) is 7.05 Å². The molecule has 0 fully saturated rings. The molecular weight excluding hydrogens is 238 g/mol. The topological polar surface area (TPSA) is 104 Å². The molecule has 0 aromatic carbocycles. The van der Waals surface area contributed by atoms with E-state index in [4.69, 9.17) is 0 Å². The van der Waals surface area contributed by atoms with Gasteiger partial charge in [-0.15, -0.1) is 5.10 Å². The molecule has 2 heterocycles. The fraction of sp³-hybridized carbons (Fsp3) is 0.444. The number of nitrogens with one attached hydrogen (secondary N) is 1. The van der Waals surface area contributed by atoms with Crippen LogP contribution in [0.15, 0.2) is 12.4 Å². The van der Waals surface area contributed by atoms with Crippen LogP contribution >= 0.6 is 0 Å². The number of nitrogens with zero attached hydrogens (tertiary/aromatic N) is 6. The number of nitro groups is 1. The summed E-state index contributed by atoms with van der Waals surface area (Å²) >= 11 is 0. The molecule has 2 aromatic rings. The van der Waals surface area contributed by atoms with Crippen molar-refractivity contribution in [3.05, 3.63) is 28.2 Å². The first kappa shape index (κ1) is 12.0. The maximum absolute atomic E-state index is 10.9. The Hall–Kier alpha value is -2.45. The van der Waals surface area contributed by atoms with Crippen molar-refractivity contribution in [3.8, 4) is 0 Å². The van der Waals surface area contributed by atoms with Crippen LogP contribution in [0, 0.1) is 17.0 Å². The summed E-state index contributed by atoms with van der Waals surface area (Å²) in [5.74, 6) is 0.401. The lowest BCUT2D eigenvalue weighted by atomic mass is 10.4. The van der Waals surface area contributed by atoms with E-state index in [1.807, 2.05) is 0 Å². The van der Waals surface area contributed by atoms with Gasteiger partial charge in [-0.2, -0.15) is 5.10 Å². The molecule has 0 radical (unpaired) electrons. The Morgan fingerprint density at radius 1 is 1.56 bits per heavy atom. The Labute approximate surface area is 103 Å². The highest BCUT2D eigenvalue weighted by Gasteiger charge is 2.23. The zero-order valence-electron chi connectivity index (χ0n) is 10.1. The van der Waals surface area contributed by atoms with Crippen LogP contribution in [0.5, 0.6) is 0 Å². The van der Waals surface area contributed by atoms with Gasteiger partial charge in [0.15, 0.2) is 0 Å². The average molecular weight is 251 g/mol. The maximum Gasteiger partial charge on any atom is 0.333 e. The maximum atomic E-state index is 10.9. The number of hydrogen-bond donors (Lipinski definition) is 1. The van der Waals surface area contributed by atoms with E-state index >= 15 is 0 Å². The van der Waals surface area contributed by atoms with Crippen LogP contribution in [0.1, 0.15) is 5.69 Å². The highest BCUT2D eigenvalue weighted by molar-refractivity contribution is 5.59. The van der Waals surface area contributed by atoms with Crippen molar-refractivity contribution >= 4 is 11.5 Å². The molecule has 0 aliphatic heterocycles. The van der Waals surface area contributed by atoms with Gasteiger partial charge < -0.3 is 5.32 Å². The molecule has 0 aliphatic carbocycles. The van der Waals surface area contributed by atoms with Crippen LogP contribution < -0.4 is 5.32 Å². The minimum atomic E-state index is -0.430. The summed E-state index contributed by atoms with van der Waals surface area (Å²) in [5.41, 5.74) is 0.404. The molecule has 0 atom stereocenters. The molecular formula is C9H13N7O2. The lowest BCUT2D eigenvalue weighted by Crippen LogP contribution is -2.14. The normalized spacial score (nSPS) is 10.6. The molecule has 96 valence electrons. The highest BCUT2D eigenvalue weighted by atomic mass is 16.6. The molecule has 9 heteroatoms. The Kier molecular flexibility index (Phi) is 3.22. The van der Waals surface area contributed by atoms with Gasteiger partial charge in [-0.25, -0.2) is 4.68 Å². The lowest BCUT2D eigenvalue weighted by Gasteiger charge is -2.05. The summed E-state index contributed by atoms with van der Waals surface area (Å²) in [6.07, 6.45) is 3.31. The molecule has 0 bridgehead atoms. The molecule has 18 heavy (non-hydrogen) atoms. The van der Waals surface area contributed by atoms with E-state index in [2.05, 4.69) is 20.7 Å². The minimum absolute atomic E-state index is 0.0103. The van der Waals surface area contributed by atoms with Gasteiger partial charge in [0.05, 0.1) is 17.7 Å². The molecule has 0 saturated carbocycles. The third kappa shape index (κ3) is 2.29. The second-order valence-corrected chi connectivity index (χ2v) is 3.76. The van der Waals surface area contributed by atoms with Crippen LogP contribution in [0.25, 0.3) is 0 Å². The number of anilines is 1. The largest absolute Gasteiger partial charge is 0.363 e. The second kappa shape index (κ2) is 4.82. The summed E-state index contributed by atoms with van der Waals surface area (Å²) < 4.78 is 3.11. The van der Waals surface area contributed by atoms with Crippen molar-refractivity contribution in [3.63, 3.8) is 0 Å².